The molecule has 112 valence electrons. The predicted octanol–water partition coefficient (Wildman–Crippen LogP) is 2.78. The number of carbonyl (C=O) groups excluding carboxylic acids is 1. The zero-order valence-corrected chi connectivity index (χ0v) is 11.2. The number of rotatable bonds is 3. The summed E-state index contributed by atoms with van der Waals surface area (Å²) in [6.07, 6.45) is -1.68. The van der Waals surface area contributed by atoms with Gasteiger partial charge in [-0.05, 0) is 18.2 Å². The van der Waals surface area contributed by atoms with E-state index < -0.39 is 17.6 Å². The van der Waals surface area contributed by atoms with Gasteiger partial charge in [-0.2, -0.15) is 18.3 Å². The molecular formula is C12H10ClF3N4O. The molecule has 9 heteroatoms. The highest BCUT2D eigenvalue weighted by Gasteiger charge is 2.30. The highest BCUT2D eigenvalue weighted by Crippen LogP contribution is 2.32. The number of nitrogens with zero attached hydrogens (tertiary/aromatic N) is 2. The second kappa shape index (κ2) is 5.65. The van der Waals surface area contributed by atoms with Gasteiger partial charge in [0.05, 0.1) is 28.2 Å². The van der Waals surface area contributed by atoms with Crippen molar-refractivity contribution in [2.75, 3.05) is 11.1 Å². The molecule has 1 aromatic carbocycles. The SMILES string of the molecule is Nc1cc(C(F)(F)F)ccc1NC(=O)Cn1cc(Cl)cn1. The van der Waals surface area contributed by atoms with Gasteiger partial charge >= 0.3 is 6.18 Å². The van der Waals surface area contributed by atoms with Crippen molar-refractivity contribution in [2.24, 2.45) is 0 Å². The lowest BCUT2D eigenvalue weighted by molar-refractivity contribution is -0.137. The quantitative estimate of drug-likeness (QED) is 0.855. The Balaban J connectivity index is 2.07. The number of halogens is 4. The van der Waals surface area contributed by atoms with Crippen LogP contribution in [0.25, 0.3) is 0 Å². The lowest BCUT2D eigenvalue weighted by Crippen LogP contribution is -2.20. The summed E-state index contributed by atoms with van der Waals surface area (Å²) in [6.45, 7) is -0.132. The Hall–Kier alpha value is -2.22. The third-order valence-electron chi connectivity index (χ3n) is 2.56. The monoisotopic (exact) mass is 318 g/mol. The van der Waals surface area contributed by atoms with Crippen LogP contribution >= 0.6 is 11.6 Å². The highest BCUT2D eigenvalue weighted by atomic mass is 35.5. The van der Waals surface area contributed by atoms with Crippen molar-refractivity contribution >= 4 is 28.9 Å². The van der Waals surface area contributed by atoms with Crippen molar-refractivity contribution in [1.29, 1.82) is 0 Å². The number of hydrogen-bond acceptors (Lipinski definition) is 3. The van der Waals surface area contributed by atoms with E-state index in [1.165, 1.54) is 17.1 Å². The van der Waals surface area contributed by atoms with Crippen LogP contribution in [0.2, 0.25) is 5.02 Å². The smallest absolute Gasteiger partial charge is 0.397 e. The molecule has 2 rings (SSSR count). The molecule has 0 atom stereocenters. The molecule has 21 heavy (non-hydrogen) atoms. The Bertz CT molecular complexity index is 669. The van der Waals surface area contributed by atoms with Gasteiger partial charge in [0.25, 0.3) is 0 Å². The number of carbonyl (C=O) groups is 1. The van der Waals surface area contributed by atoms with Gasteiger partial charge in [0.1, 0.15) is 6.54 Å². The number of hydrogen-bond donors (Lipinski definition) is 2. The second-order valence-corrected chi connectivity index (χ2v) is 4.64. The maximum Gasteiger partial charge on any atom is 0.416 e. The summed E-state index contributed by atoms with van der Waals surface area (Å²) in [5.41, 5.74) is 4.56. The van der Waals surface area contributed by atoms with Crippen molar-refractivity contribution in [3.8, 4) is 0 Å². The van der Waals surface area contributed by atoms with Gasteiger partial charge in [-0.1, -0.05) is 11.6 Å². The molecule has 1 heterocycles. The molecule has 1 aromatic heterocycles. The lowest BCUT2D eigenvalue weighted by Gasteiger charge is -2.11. The molecule has 2 aromatic rings. The summed E-state index contributed by atoms with van der Waals surface area (Å²) in [5, 5.41) is 6.59. The normalized spacial score (nSPS) is 11.4. The van der Waals surface area contributed by atoms with Crippen molar-refractivity contribution in [3.05, 3.63) is 41.2 Å². The topological polar surface area (TPSA) is 72.9 Å². The number of benzene rings is 1. The first kappa shape index (κ1) is 15.2. The average Bonchev–Trinajstić information content (AvgIpc) is 2.76. The van der Waals surface area contributed by atoms with E-state index in [1.807, 2.05) is 0 Å². The third kappa shape index (κ3) is 3.88. The Labute approximate surface area is 122 Å². The summed E-state index contributed by atoms with van der Waals surface area (Å²) in [6, 6.07) is 2.71. The van der Waals surface area contributed by atoms with Gasteiger partial charge in [0.15, 0.2) is 0 Å². The molecule has 0 aliphatic carbocycles. The van der Waals surface area contributed by atoms with Crippen LogP contribution < -0.4 is 11.1 Å². The zero-order valence-electron chi connectivity index (χ0n) is 10.5. The fraction of sp³-hybridized carbons (Fsp3) is 0.167. The number of nitrogens with one attached hydrogen (secondary N) is 1. The molecule has 5 nitrogen and oxygen atoms in total. The molecule has 0 aliphatic heterocycles. The fourth-order valence-corrected chi connectivity index (χ4v) is 1.77. The third-order valence-corrected chi connectivity index (χ3v) is 2.76. The molecule has 0 radical (unpaired) electrons. The second-order valence-electron chi connectivity index (χ2n) is 4.20. The maximum absolute atomic E-state index is 12.5. The first-order chi connectivity index (χ1) is 9.75. The molecule has 0 bridgehead atoms. The van der Waals surface area contributed by atoms with Gasteiger partial charge in [0, 0.05) is 6.20 Å². The van der Waals surface area contributed by atoms with Crippen LogP contribution in [-0.4, -0.2) is 15.7 Å². The van der Waals surface area contributed by atoms with E-state index in [2.05, 4.69) is 10.4 Å². The van der Waals surface area contributed by atoms with Crippen LogP contribution in [0.4, 0.5) is 24.5 Å². The summed E-state index contributed by atoms with van der Waals surface area (Å²) in [7, 11) is 0. The minimum atomic E-state index is -4.48. The number of aromatic nitrogens is 2. The summed E-state index contributed by atoms with van der Waals surface area (Å²) >= 11 is 5.65. The highest BCUT2D eigenvalue weighted by molar-refractivity contribution is 6.30. The molecule has 0 fully saturated rings. The van der Waals surface area contributed by atoms with Crippen LogP contribution in [0.5, 0.6) is 0 Å². The van der Waals surface area contributed by atoms with Gasteiger partial charge in [0.2, 0.25) is 5.91 Å². The summed E-state index contributed by atoms with van der Waals surface area (Å²) < 4.78 is 38.7. The molecule has 0 unspecified atom stereocenters. The van der Waals surface area contributed by atoms with Gasteiger partial charge in [-0.15, -0.1) is 0 Å². The number of amides is 1. The molecule has 0 saturated carbocycles. The van der Waals surface area contributed by atoms with Crippen molar-refractivity contribution in [2.45, 2.75) is 12.7 Å². The van der Waals surface area contributed by atoms with E-state index in [9.17, 15) is 18.0 Å². The van der Waals surface area contributed by atoms with E-state index in [0.29, 0.717) is 5.02 Å². The predicted molar refractivity (Wildman–Crippen MR) is 71.7 cm³/mol. The van der Waals surface area contributed by atoms with Crippen LogP contribution in [-0.2, 0) is 17.5 Å². The Morgan fingerprint density at radius 3 is 2.67 bits per heavy atom. The lowest BCUT2D eigenvalue weighted by atomic mass is 10.1. The number of nitrogens with two attached hydrogens (primary N) is 1. The van der Waals surface area contributed by atoms with Crippen molar-refractivity contribution in [1.82, 2.24) is 9.78 Å². The Morgan fingerprint density at radius 1 is 1.43 bits per heavy atom. The van der Waals surface area contributed by atoms with Crippen LogP contribution in [0.15, 0.2) is 30.6 Å². The minimum absolute atomic E-state index is 0.103. The van der Waals surface area contributed by atoms with E-state index in [4.69, 9.17) is 17.3 Å². The largest absolute Gasteiger partial charge is 0.416 e. The number of alkyl halides is 3. The fourth-order valence-electron chi connectivity index (χ4n) is 1.61. The van der Waals surface area contributed by atoms with Crippen LogP contribution in [0, 0.1) is 0 Å². The van der Waals surface area contributed by atoms with Gasteiger partial charge < -0.3 is 11.1 Å². The minimum Gasteiger partial charge on any atom is -0.397 e. The van der Waals surface area contributed by atoms with E-state index in [1.54, 1.807) is 0 Å². The van der Waals surface area contributed by atoms with Gasteiger partial charge in [-0.3, -0.25) is 9.48 Å². The first-order valence-corrected chi connectivity index (χ1v) is 6.08. The van der Waals surface area contributed by atoms with Crippen molar-refractivity contribution in [3.63, 3.8) is 0 Å². The van der Waals surface area contributed by atoms with Crippen LogP contribution in [0.3, 0.4) is 0 Å². The molecular weight excluding hydrogens is 309 g/mol. The summed E-state index contributed by atoms with van der Waals surface area (Å²) in [5.74, 6) is -0.485. The number of anilines is 2. The van der Waals surface area contributed by atoms with E-state index in [-0.39, 0.29) is 17.9 Å². The van der Waals surface area contributed by atoms with E-state index >= 15 is 0 Å². The zero-order chi connectivity index (χ0) is 15.6. The molecule has 0 saturated heterocycles. The Kier molecular flexibility index (Phi) is 4.08. The molecule has 1 amide bonds. The first-order valence-electron chi connectivity index (χ1n) is 5.70. The van der Waals surface area contributed by atoms with Crippen molar-refractivity contribution < 1.29 is 18.0 Å². The molecule has 0 spiro atoms. The Morgan fingerprint density at radius 2 is 2.14 bits per heavy atom. The summed E-state index contributed by atoms with van der Waals surface area (Å²) in [4.78, 5) is 11.7. The van der Waals surface area contributed by atoms with Gasteiger partial charge in [-0.25, -0.2) is 0 Å². The average molecular weight is 319 g/mol. The molecule has 3 N–H and O–H groups in total. The number of nitrogen functional groups attached to an aromatic ring is 1. The maximum atomic E-state index is 12.5. The standard InChI is InChI=1S/C12H10ClF3N4O/c13-8-4-18-20(5-8)6-11(21)19-10-2-1-7(3-9(10)17)12(14,15)16/h1-5H,6,17H2,(H,19,21). The molecule has 0 aliphatic rings. The van der Waals surface area contributed by atoms with E-state index in [0.717, 1.165) is 18.2 Å². The van der Waals surface area contributed by atoms with Crippen LogP contribution in [0.1, 0.15) is 5.56 Å².